The summed E-state index contributed by atoms with van der Waals surface area (Å²) < 4.78 is 0. The highest BCUT2D eigenvalue weighted by atomic mass is 16.3. The van der Waals surface area contributed by atoms with Crippen LogP contribution in [0.1, 0.15) is 39.0 Å². The molecular weight excluding hydrogens is 136 g/mol. The quantitative estimate of drug-likeness (QED) is 0.531. The molecule has 0 spiro atoms. The number of aliphatic hydroxyl groups is 1. The molecule has 0 saturated carbocycles. The second kappa shape index (κ2) is 4.55. The van der Waals surface area contributed by atoms with E-state index in [1.807, 2.05) is 0 Å². The van der Waals surface area contributed by atoms with Crippen molar-refractivity contribution in [2.45, 2.75) is 45.1 Å². The van der Waals surface area contributed by atoms with E-state index in [0.717, 1.165) is 18.8 Å². The minimum absolute atomic E-state index is 0.0909. The first-order chi connectivity index (χ1) is 5.29. The SMILES string of the molecule is CC1CCC=CCC(O)CC1. The van der Waals surface area contributed by atoms with E-state index >= 15 is 0 Å². The van der Waals surface area contributed by atoms with Crippen molar-refractivity contribution in [1.82, 2.24) is 0 Å². The Bertz CT molecular complexity index is 129. The van der Waals surface area contributed by atoms with Crippen molar-refractivity contribution < 1.29 is 5.11 Å². The van der Waals surface area contributed by atoms with Crippen LogP contribution < -0.4 is 0 Å². The zero-order valence-electron chi connectivity index (χ0n) is 7.29. The molecule has 0 fully saturated rings. The van der Waals surface area contributed by atoms with Crippen LogP contribution in [-0.2, 0) is 0 Å². The van der Waals surface area contributed by atoms with E-state index in [1.54, 1.807) is 0 Å². The summed E-state index contributed by atoms with van der Waals surface area (Å²) in [7, 11) is 0. The van der Waals surface area contributed by atoms with Crippen LogP contribution in [0.4, 0.5) is 0 Å². The van der Waals surface area contributed by atoms with Gasteiger partial charge in [-0.1, -0.05) is 19.1 Å². The number of hydrogen-bond donors (Lipinski definition) is 1. The second-order valence-electron chi connectivity index (χ2n) is 3.62. The molecule has 1 aliphatic carbocycles. The highest BCUT2D eigenvalue weighted by Crippen LogP contribution is 2.17. The van der Waals surface area contributed by atoms with Crippen LogP contribution in [0.2, 0.25) is 0 Å². The minimum atomic E-state index is -0.0909. The predicted octanol–water partition coefficient (Wildman–Crippen LogP) is 2.50. The number of aliphatic hydroxyl groups excluding tert-OH is 1. The molecule has 64 valence electrons. The molecule has 1 nitrogen and oxygen atoms in total. The van der Waals surface area contributed by atoms with Crippen molar-refractivity contribution in [1.29, 1.82) is 0 Å². The van der Waals surface area contributed by atoms with Crippen LogP contribution >= 0.6 is 0 Å². The summed E-state index contributed by atoms with van der Waals surface area (Å²) in [5.41, 5.74) is 0. The van der Waals surface area contributed by atoms with Crippen molar-refractivity contribution in [3.63, 3.8) is 0 Å². The molecule has 0 saturated heterocycles. The van der Waals surface area contributed by atoms with Crippen LogP contribution in [0, 0.1) is 5.92 Å². The first-order valence-corrected chi connectivity index (χ1v) is 4.62. The summed E-state index contributed by atoms with van der Waals surface area (Å²) in [5.74, 6) is 0.785. The van der Waals surface area contributed by atoms with Crippen LogP contribution in [0.3, 0.4) is 0 Å². The summed E-state index contributed by atoms with van der Waals surface area (Å²) in [6, 6.07) is 0. The van der Waals surface area contributed by atoms with Gasteiger partial charge in [0.1, 0.15) is 0 Å². The van der Waals surface area contributed by atoms with Gasteiger partial charge in [-0.25, -0.2) is 0 Å². The third kappa shape index (κ3) is 3.57. The Morgan fingerprint density at radius 3 is 2.82 bits per heavy atom. The van der Waals surface area contributed by atoms with Gasteiger partial charge in [0, 0.05) is 0 Å². The average Bonchev–Trinajstić information content (AvgIpc) is 2.06. The van der Waals surface area contributed by atoms with E-state index in [0.29, 0.717) is 0 Å². The van der Waals surface area contributed by atoms with Crippen molar-refractivity contribution in [3.05, 3.63) is 12.2 Å². The lowest BCUT2D eigenvalue weighted by molar-refractivity contribution is 0.159. The van der Waals surface area contributed by atoms with Crippen LogP contribution in [0.15, 0.2) is 12.2 Å². The smallest absolute Gasteiger partial charge is 0.0574 e. The molecule has 1 aliphatic rings. The third-order valence-corrected chi connectivity index (χ3v) is 2.39. The summed E-state index contributed by atoms with van der Waals surface area (Å²) in [4.78, 5) is 0. The molecule has 0 heterocycles. The van der Waals surface area contributed by atoms with Gasteiger partial charge in [-0.3, -0.25) is 0 Å². The fraction of sp³-hybridized carbons (Fsp3) is 0.800. The van der Waals surface area contributed by atoms with Crippen molar-refractivity contribution in [2.24, 2.45) is 5.92 Å². The zero-order valence-corrected chi connectivity index (χ0v) is 7.29. The van der Waals surface area contributed by atoms with E-state index in [-0.39, 0.29) is 6.10 Å². The molecule has 0 aromatic heterocycles. The maximum Gasteiger partial charge on any atom is 0.0574 e. The van der Waals surface area contributed by atoms with Gasteiger partial charge in [-0.15, -0.1) is 0 Å². The Labute approximate surface area is 69.1 Å². The average molecular weight is 154 g/mol. The Kier molecular flexibility index (Phi) is 3.64. The normalized spacial score (nSPS) is 34.0. The molecule has 0 aromatic carbocycles. The van der Waals surface area contributed by atoms with Crippen molar-refractivity contribution >= 4 is 0 Å². The molecule has 0 radical (unpaired) electrons. The summed E-state index contributed by atoms with van der Waals surface area (Å²) >= 11 is 0. The molecule has 0 aromatic rings. The summed E-state index contributed by atoms with van der Waals surface area (Å²) in [5, 5.41) is 9.41. The molecule has 2 unspecified atom stereocenters. The van der Waals surface area contributed by atoms with Crippen molar-refractivity contribution in [3.8, 4) is 0 Å². The lowest BCUT2D eigenvalue weighted by atomic mass is 9.99. The van der Waals surface area contributed by atoms with E-state index in [2.05, 4.69) is 19.1 Å². The Hall–Kier alpha value is -0.300. The second-order valence-corrected chi connectivity index (χ2v) is 3.62. The molecule has 2 atom stereocenters. The van der Waals surface area contributed by atoms with E-state index < -0.39 is 0 Å². The monoisotopic (exact) mass is 154 g/mol. The number of rotatable bonds is 0. The first kappa shape index (κ1) is 8.79. The fourth-order valence-corrected chi connectivity index (χ4v) is 1.49. The summed E-state index contributed by atoms with van der Waals surface area (Å²) in [6.07, 6.45) is 9.71. The van der Waals surface area contributed by atoms with E-state index in [4.69, 9.17) is 0 Å². The third-order valence-electron chi connectivity index (χ3n) is 2.39. The maximum absolute atomic E-state index is 9.41. The van der Waals surface area contributed by atoms with Crippen molar-refractivity contribution in [2.75, 3.05) is 0 Å². The van der Waals surface area contributed by atoms with Gasteiger partial charge in [-0.05, 0) is 38.0 Å². The number of allylic oxidation sites excluding steroid dienone is 1. The topological polar surface area (TPSA) is 20.2 Å². The maximum atomic E-state index is 9.41. The fourth-order valence-electron chi connectivity index (χ4n) is 1.49. The largest absolute Gasteiger partial charge is 0.393 e. The van der Waals surface area contributed by atoms with Gasteiger partial charge >= 0.3 is 0 Å². The highest BCUT2D eigenvalue weighted by molar-refractivity contribution is 4.86. The molecular formula is C10H18O. The standard InChI is InChI=1S/C10H18O/c1-9-5-3-2-4-6-10(11)8-7-9/h2,4,9-11H,3,5-8H2,1H3. The van der Waals surface area contributed by atoms with Gasteiger partial charge in [0.05, 0.1) is 6.10 Å². The molecule has 1 heteroatoms. The number of hydrogen-bond acceptors (Lipinski definition) is 1. The van der Waals surface area contributed by atoms with Gasteiger partial charge < -0.3 is 5.11 Å². The lowest BCUT2D eigenvalue weighted by Gasteiger charge is -2.10. The molecule has 0 amide bonds. The van der Waals surface area contributed by atoms with Gasteiger partial charge in [0.25, 0.3) is 0 Å². The minimum Gasteiger partial charge on any atom is -0.393 e. The Balaban J connectivity index is 2.36. The van der Waals surface area contributed by atoms with Crippen LogP contribution in [0.5, 0.6) is 0 Å². The highest BCUT2D eigenvalue weighted by Gasteiger charge is 2.07. The molecule has 11 heavy (non-hydrogen) atoms. The first-order valence-electron chi connectivity index (χ1n) is 4.62. The molecule has 1 N–H and O–H groups in total. The lowest BCUT2D eigenvalue weighted by Crippen LogP contribution is -2.06. The molecule has 0 bridgehead atoms. The predicted molar refractivity (Wildman–Crippen MR) is 47.4 cm³/mol. The molecule has 0 aliphatic heterocycles. The molecule has 1 rings (SSSR count). The van der Waals surface area contributed by atoms with Crippen LogP contribution in [0.25, 0.3) is 0 Å². The Morgan fingerprint density at radius 1 is 1.18 bits per heavy atom. The van der Waals surface area contributed by atoms with Gasteiger partial charge in [0.15, 0.2) is 0 Å². The van der Waals surface area contributed by atoms with Gasteiger partial charge in [-0.2, -0.15) is 0 Å². The van der Waals surface area contributed by atoms with E-state index in [9.17, 15) is 5.11 Å². The van der Waals surface area contributed by atoms with Gasteiger partial charge in [0.2, 0.25) is 0 Å². The van der Waals surface area contributed by atoms with Crippen LogP contribution in [-0.4, -0.2) is 11.2 Å². The Morgan fingerprint density at radius 2 is 2.00 bits per heavy atom. The zero-order chi connectivity index (χ0) is 8.10. The van der Waals surface area contributed by atoms with E-state index in [1.165, 1.54) is 19.3 Å². The summed E-state index contributed by atoms with van der Waals surface area (Å²) in [6.45, 7) is 2.27.